The van der Waals surface area contributed by atoms with E-state index in [1.807, 2.05) is 30.3 Å². The third kappa shape index (κ3) is 2.48. The van der Waals surface area contributed by atoms with E-state index >= 15 is 0 Å². The standard InChI is InChI=1S/C17H13FO2/c18-13-6-8-14(9-7-13)20-16-11-10-15(19)17(16)12-4-2-1-3-5-12/h1-9H,10-11H2. The van der Waals surface area contributed by atoms with Crippen LogP contribution in [0.3, 0.4) is 0 Å². The molecule has 0 fully saturated rings. The first-order chi connectivity index (χ1) is 9.74. The van der Waals surface area contributed by atoms with Crippen LogP contribution in [0.4, 0.5) is 4.39 Å². The van der Waals surface area contributed by atoms with Crippen LogP contribution in [-0.4, -0.2) is 5.78 Å². The summed E-state index contributed by atoms with van der Waals surface area (Å²) < 4.78 is 18.6. The number of hydrogen-bond donors (Lipinski definition) is 0. The molecule has 2 aromatic rings. The van der Waals surface area contributed by atoms with Gasteiger partial charge in [-0.25, -0.2) is 4.39 Å². The van der Waals surface area contributed by atoms with Crippen molar-refractivity contribution in [2.45, 2.75) is 12.8 Å². The SMILES string of the molecule is O=C1CCC(Oc2ccc(F)cc2)=C1c1ccccc1. The molecular weight excluding hydrogens is 255 g/mol. The molecule has 0 saturated heterocycles. The van der Waals surface area contributed by atoms with Crippen LogP contribution in [0, 0.1) is 5.82 Å². The molecule has 0 spiro atoms. The summed E-state index contributed by atoms with van der Waals surface area (Å²) in [5.74, 6) is 0.989. The number of ketones is 1. The zero-order chi connectivity index (χ0) is 13.9. The van der Waals surface area contributed by atoms with Crippen LogP contribution in [0.15, 0.2) is 60.4 Å². The van der Waals surface area contributed by atoms with Crippen molar-refractivity contribution < 1.29 is 13.9 Å². The molecule has 1 aliphatic carbocycles. The minimum atomic E-state index is -0.308. The molecule has 0 atom stereocenters. The van der Waals surface area contributed by atoms with Crippen molar-refractivity contribution in [3.63, 3.8) is 0 Å². The van der Waals surface area contributed by atoms with Gasteiger partial charge in [0.25, 0.3) is 0 Å². The van der Waals surface area contributed by atoms with E-state index in [4.69, 9.17) is 4.74 Å². The van der Waals surface area contributed by atoms with E-state index < -0.39 is 0 Å². The van der Waals surface area contributed by atoms with Gasteiger partial charge in [0.05, 0.1) is 5.57 Å². The largest absolute Gasteiger partial charge is 0.461 e. The van der Waals surface area contributed by atoms with E-state index in [1.54, 1.807) is 12.1 Å². The average molecular weight is 268 g/mol. The number of halogens is 1. The van der Waals surface area contributed by atoms with E-state index in [1.165, 1.54) is 12.1 Å². The van der Waals surface area contributed by atoms with Crippen LogP contribution in [0.1, 0.15) is 18.4 Å². The Labute approximate surface area is 116 Å². The Kier molecular flexibility index (Phi) is 3.33. The molecule has 1 aliphatic rings. The van der Waals surface area contributed by atoms with Gasteiger partial charge < -0.3 is 4.74 Å². The predicted molar refractivity (Wildman–Crippen MR) is 74.6 cm³/mol. The topological polar surface area (TPSA) is 26.3 Å². The summed E-state index contributed by atoms with van der Waals surface area (Å²) in [7, 11) is 0. The molecule has 0 aromatic heterocycles. The van der Waals surface area contributed by atoms with E-state index in [-0.39, 0.29) is 11.6 Å². The lowest BCUT2D eigenvalue weighted by molar-refractivity contribution is -0.113. The first kappa shape index (κ1) is 12.6. The monoisotopic (exact) mass is 268 g/mol. The average Bonchev–Trinajstić information content (AvgIpc) is 2.83. The fourth-order valence-electron chi connectivity index (χ4n) is 2.31. The highest BCUT2D eigenvalue weighted by Gasteiger charge is 2.26. The van der Waals surface area contributed by atoms with Crippen molar-refractivity contribution in [2.75, 3.05) is 0 Å². The lowest BCUT2D eigenvalue weighted by Crippen LogP contribution is -1.99. The van der Waals surface area contributed by atoms with Crippen molar-refractivity contribution in [3.8, 4) is 5.75 Å². The molecule has 0 unspecified atom stereocenters. The number of allylic oxidation sites excluding steroid dienone is 2. The van der Waals surface area contributed by atoms with Crippen molar-refractivity contribution in [3.05, 3.63) is 71.7 Å². The third-order valence-electron chi connectivity index (χ3n) is 3.25. The van der Waals surface area contributed by atoms with Gasteiger partial charge in [0.15, 0.2) is 5.78 Å². The van der Waals surface area contributed by atoms with Gasteiger partial charge in [-0.15, -0.1) is 0 Å². The molecule has 0 heterocycles. The second-order valence-electron chi connectivity index (χ2n) is 4.64. The highest BCUT2D eigenvalue weighted by atomic mass is 19.1. The zero-order valence-electron chi connectivity index (χ0n) is 10.8. The summed E-state index contributed by atoms with van der Waals surface area (Å²) >= 11 is 0. The Morgan fingerprint density at radius 2 is 1.60 bits per heavy atom. The maximum atomic E-state index is 12.9. The molecule has 2 aromatic carbocycles. The fourth-order valence-corrected chi connectivity index (χ4v) is 2.31. The molecular formula is C17H13FO2. The maximum Gasteiger partial charge on any atom is 0.167 e. The summed E-state index contributed by atoms with van der Waals surface area (Å²) in [5.41, 5.74) is 1.50. The number of Topliss-reactive ketones (excluding diaryl/α,β-unsaturated/α-hetero) is 1. The summed E-state index contributed by atoms with van der Waals surface area (Å²) in [6.45, 7) is 0. The molecule has 3 rings (SSSR count). The van der Waals surface area contributed by atoms with Crippen molar-refractivity contribution >= 4 is 11.4 Å². The predicted octanol–water partition coefficient (Wildman–Crippen LogP) is 3.98. The number of carbonyl (C=O) groups excluding carboxylic acids is 1. The van der Waals surface area contributed by atoms with Crippen LogP contribution in [-0.2, 0) is 4.79 Å². The number of ether oxygens (including phenoxy) is 1. The fraction of sp³-hybridized carbons (Fsp3) is 0.118. The van der Waals surface area contributed by atoms with Gasteiger partial charge in [-0.2, -0.15) is 0 Å². The van der Waals surface area contributed by atoms with Gasteiger partial charge >= 0.3 is 0 Å². The molecule has 0 bridgehead atoms. The van der Waals surface area contributed by atoms with Gasteiger partial charge in [0.1, 0.15) is 17.3 Å². The van der Waals surface area contributed by atoms with Crippen LogP contribution >= 0.6 is 0 Å². The summed E-state index contributed by atoms with van der Waals surface area (Å²) in [6.07, 6.45) is 1.04. The number of rotatable bonds is 3. The molecule has 0 aliphatic heterocycles. The molecule has 100 valence electrons. The number of carbonyl (C=O) groups is 1. The van der Waals surface area contributed by atoms with Gasteiger partial charge in [0.2, 0.25) is 0 Å². The van der Waals surface area contributed by atoms with Gasteiger partial charge in [-0.3, -0.25) is 4.79 Å². The Balaban J connectivity index is 1.95. The number of benzene rings is 2. The van der Waals surface area contributed by atoms with Crippen LogP contribution < -0.4 is 4.74 Å². The Hall–Kier alpha value is -2.42. The Morgan fingerprint density at radius 3 is 2.30 bits per heavy atom. The lowest BCUT2D eigenvalue weighted by atomic mass is 10.0. The summed E-state index contributed by atoms with van der Waals surface area (Å²) in [5, 5.41) is 0. The van der Waals surface area contributed by atoms with Crippen molar-refractivity contribution in [1.29, 1.82) is 0 Å². The van der Waals surface area contributed by atoms with Gasteiger partial charge in [-0.1, -0.05) is 30.3 Å². The van der Waals surface area contributed by atoms with Crippen molar-refractivity contribution in [2.24, 2.45) is 0 Å². The minimum Gasteiger partial charge on any atom is -0.461 e. The maximum absolute atomic E-state index is 12.9. The van der Waals surface area contributed by atoms with E-state index in [2.05, 4.69) is 0 Å². The van der Waals surface area contributed by atoms with Gasteiger partial charge in [0, 0.05) is 12.8 Å². The normalized spacial score (nSPS) is 14.8. The van der Waals surface area contributed by atoms with Crippen LogP contribution in [0.5, 0.6) is 5.75 Å². The quantitative estimate of drug-likeness (QED) is 0.841. The summed E-state index contributed by atoms with van der Waals surface area (Å²) in [4.78, 5) is 12.0. The third-order valence-corrected chi connectivity index (χ3v) is 3.25. The van der Waals surface area contributed by atoms with Crippen LogP contribution in [0.25, 0.3) is 5.57 Å². The zero-order valence-corrected chi connectivity index (χ0v) is 10.8. The van der Waals surface area contributed by atoms with E-state index in [0.29, 0.717) is 29.9 Å². The van der Waals surface area contributed by atoms with Gasteiger partial charge in [-0.05, 0) is 29.8 Å². The smallest absolute Gasteiger partial charge is 0.167 e. The second kappa shape index (κ2) is 5.29. The first-order valence-corrected chi connectivity index (χ1v) is 6.49. The van der Waals surface area contributed by atoms with E-state index in [0.717, 1.165) is 5.56 Å². The highest BCUT2D eigenvalue weighted by Crippen LogP contribution is 2.32. The molecule has 0 saturated carbocycles. The Bertz CT molecular complexity index is 657. The molecule has 2 nitrogen and oxygen atoms in total. The van der Waals surface area contributed by atoms with E-state index in [9.17, 15) is 9.18 Å². The molecule has 0 N–H and O–H groups in total. The highest BCUT2D eigenvalue weighted by molar-refractivity contribution is 6.23. The summed E-state index contributed by atoms with van der Waals surface area (Å²) in [6, 6.07) is 15.3. The lowest BCUT2D eigenvalue weighted by Gasteiger charge is -2.09. The van der Waals surface area contributed by atoms with Crippen molar-refractivity contribution in [1.82, 2.24) is 0 Å². The van der Waals surface area contributed by atoms with Crippen LogP contribution in [0.2, 0.25) is 0 Å². The molecule has 0 radical (unpaired) electrons. The molecule has 0 amide bonds. The molecule has 20 heavy (non-hydrogen) atoms. The minimum absolute atomic E-state index is 0.0910. The molecule has 3 heteroatoms. The first-order valence-electron chi connectivity index (χ1n) is 6.49. The second-order valence-corrected chi connectivity index (χ2v) is 4.64. The Morgan fingerprint density at radius 1 is 0.900 bits per heavy atom. The number of hydrogen-bond acceptors (Lipinski definition) is 2.